The van der Waals surface area contributed by atoms with Crippen molar-refractivity contribution >= 4 is 28.2 Å². The van der Waals surface area contributed by atoms with E-state index >= 15 is 0 Å². The van der Waals surface area contributed by atoms with Gasteiger partial charge < -0.3 is 14.5 Å². The van der Waals surface area contributed by atoms with Crippen molar-refractivity contribution in [3.63, 3.8) is 0 Å². The molecule has 7 heteroatoms. The number of ether oxygens (including phenoxy) is 1. The van der Waals surface area contributed by atoms with E-state index in [4.69, 9.17) is 9.15 Å². The largest absolute Gasteiger partial charge is 0.495 e. The van der Waals surface area contributed by atoms with Gasteiger partial charge in [-0.3, -0.25) is 5.32 Å². The molecule has 3 rings (SSSR count). The third-order valence-electron chi connectivity index (χ3n) is 3.07. The number of urea groups is 1. The van der Waals surface area contributed by atoms with E-state index < -0.39 is 0 Å². The number of thiazole rings is 1. The van der Waals surface area contributed by atoms with Gasteiger partial charge in [0.1, 0.15) is 17.2 Å². The van der Waals surface area contributed by atoms with Crippen molar-refractivity contribution in [1.29, 1.82) is 0 Å². The monoisotopic (exact) mass is 329 g/mol. The van der Waals surface area contributed by atoms with Crippen molar-refractivity contribution in [2.75, 3.05) is 17.7 Å². The fourth-order valence-electron chi connectivity index (χ4n) is 2.02. The van der Waals surface area contributed by atoms with Crippen molar-refractivity contribution in [1.82, 2.24) is 4.98 Å². The van der Waals surface area contributed by atoms with Gasteiger partial charge in [-0.15, -0.1) is 11.3 Å². The Bertz CT molecular complexity index is 825. The molecule has 1 aromatic carbocycles. The topological polar surface area (TPSA) is 76.4 Å². The second kappa shape index (κ2) is 6.53. The molecule has 0 atom stereocenters. The standard InChI is InChI=1S/C16H15N3O3S/c1-10-7-8-14(22-10)12-9-23-16(18-12)19-15(20)17-11-5-3-4-6-13(11)21-2/h3-9H,1-2H3,(H2,17,18,19,20). The molecule has 0 aliphatic heterocycles. The summed E-state index contributed by atoms with van der Waals surface area (Å²) in [7, 11) is 1.55. The average Bonchev–Trinajstić information content (AvgIpc) is 3.16. The Morgan fingerprint density at radius 3 is 2.78 bits per heavy atom. The highest BCUT2D eigenvalue weighted by Gasteiger charge is 2.11. The molecule has 2 aromatic heterocycles. The number of aryl methyl sites for hydroxylation is 1. The molecule has 0 saturated heterocycles. The summed E-state index contributed by atoms with van der Waals surface area (Å²) in [6, 6.07) is 10.5. The number of hydrogen-bond donors (Lipinski definition) is 2. The van der Waals surface area contributed by atoms with Crippen molar-refractivity contribution in [3.05, 3.63) is 47.5 Å². The predicted molar refractivity (Wildman–Crippen MR) is 90.2 cm³/mol. The summed E-state index contributed by atoms with van der Waals surface area (Å²) in [5, 5.41) is 7.75. The number of aromatic nitrogens is 1. The number of methoxy groups -OCH3 is 1. The number of benzene rings is 1. The zero-order valence-electron chi connectivity index (χ0n) is 12.6. The Balaban J connectivity index is 1.68. The average molecular weight is 329 g/mol. The van der Waals surface area contributed by atoms with Crippen LogP contribution in [0, 0.1) is 6.92 Å². The lowest BCUT2D eigenvalue weighted by Gasteiger charge is -2.09. The molecule has 23 heavy (non-hydrogen) atoms. The lowest BCUT2D eigenvalue weighted by Crippen LogP contribution is -2.19. The van der Waals surface area contributed by atoms with Crippen LogP contribution < -0.4 is 15.4 Å². The highest BCUT2D eigenvalue weighted by Crippen LogP contribution is 2.27. The highest BCUT2D eigenvalue weighted by molar-refractivity contribution is 7.14. The number of carbonyl (C=O) groups is 1. The van der Waals surface area contributed by atoms with Crippen molar-refractivity contribution < 1.29 is 13.9 Å². The summed E-state index contributed by atoms with van der Waals surface area (Å²) in [6.07, 6.45) is 0. The van der Waals surface area contributed by atoms with Crippen LogP contribution in [0.15, 0.2) is 46.2 Å². The van der Waals surface area contributed by atoms with Crippen LogP contribution in [0.5, 0.6) is 5.75 Å². The maximum Gasteiger partial charge on any atom is 0.325 e. The first-order valence-corrected chi connectivity index (χ1v) is 7.77. The molecular weight excluding hydrogens is 314 g/mol. The number of para-hydroxylation sites is 2. The van der Waals surface area contributed by atoms with Crippen LogP contribution in [0.25, 0.3) is 11.5 Å². The minimum atomic E-state index is -0.383. The third kappa shape index (κ3) is 3.51. The third-order valence-corrected chi connectivity index (χ3v) is 3.83. The molecule has 0 fully saturated rings. The number of nitrogens with zero attached hydrogens (tertiary/aromatic N) is 1. The van der Waals surface area contributed by atoms with Gasteiger partial charge in [-0.25, -0.2) is 9.78 Å². The number of hydrogen-bond acceptors (Lipinski definition) is 5. The molecule has 118 valence electrons. The highest BCUT2D eigenvalue weighted by atomic mass is 32.1. The van der Waals surface area contributed by atoms with E-state index in [1.165, 1.54) is 11.3 Å². The molecular formula is C16H15N3O3S. The first kappa shape index (κ1) is 15.1. The number of carbonyl (C=O) groups excluding carboxylic acids is 1. The maximum atomic E-state index is 12.1. The van der Waals surface area contributed by atoms with Gasteiger partial charge in [0.25, 0.3) is 0 Å². The molecule has 0 aliphatic carbocycles. The lowest BCUT2D eigenvalue weighted by molar-refractivity contribution is 0.262. The Labute approximate surface area is 137 Å². The molecule has 6 nitrogen and oxygen atoms in total. The summed E-state index contributed by atoms with van der Waals surface area (Å²) in [6.45, 7) is 1.87. The van der Waals surface area contributed by atoms with Crippen LogP contribution in [0.1, 0.15) is 5.76 Å². The van der Waals surface area contributed by atoms with Crippen LogP contribution in [0.2, 0.25) is 0 Å². The SMILES string of the molecule is COc1ccccc1NC(=O)Nc1nc(-c2ccc(C)o2)cs1. The minimum absolute atomic E-state index is 0.383. The van der Waals surface area contributed by atoms with Crippen molar-refractivity contribution in [2.24, 2.45) is 0 Å². The van der Waals surface area contributed by atoms with Gasteiger partial charge in [0.2, 0.25) is 0 Å². The molecule has 0 spiro atoms. The van der Waals surface area contributed by atoms with E-state index in [-0.39, 0.29) is 6.03 Å². The molecule has 3 aromatic rings. The van der Waals surface area contributed by atoms with Gasteiger partial charge in [0, 0.05) is 5.38 Å². The minimum Gasteiger partial charge on any atom is -0.495 e. The molecule has 0 aliphatic rings. The molecule has 0 unspecified atom stereocenters. The Kier molecular flexibility index (Phi) is 4.29. The summed E-state index contributed by atoms with van der Waals surface area (Å²) in [5.74, 6) is 2.09. The molecule has 2 amide bonds. The number of anilines is 2. The molecule has 2 heterocycles. The van der Waals surface area contributed by atoms with E-state index in [0.29, 0.717) is 28.0 Å². The molecule has 0 bridgehead atoms. The second-order valence-electron chi connectivity index (χ2n) is 4.73. The molecule has 0 radical (unpaired) electrons. The van der Waals surface area contributed by atoms with Gasteiger partial charge in [-0.2, -0.15) is 0 Å². The first-order valence-electron chi connectivity index (χ1n) is 6.89. The predicted octanol–water partition coefficient (Wildman–Crippen LogP) is 4.36. The van der Waals surface area contributed by atoms with Crippen LogP contribution in [-0.2, 0) is 0 Å². The zero-order valence-corrected chi connectivity index (χ0v) is 13.4. The molecule has 2 N–H and O–H groups in total. The van der Waals surface area contributed by atoms with E-state index in [0.717, 1.165) is 5.76 Å². The van der Waals surface area contributed by atoms with E-state index in [9.17, 15) is 4.79 Å². The van der Waals surface area contributed by atoms with E-state index in [1.54, 1.807) is 19.2 Å². The van der Waals surface area contributed by atoms with Crippen molar-refractivity contribution in [2.45, 2.75) is 6.92 Å². The lowest BCUT2D eigenvalue weighted by atomic mass is 10.3. The van der Waals surface area contributed by atoms with Gasteiger partial charge in [0.05, 0.1) is 12.8 Å². The van der Waals surface area contributed by atoms with Gasteiger partial charge in [-0.1, -0.05) is 12.1 Å². The van der Waals surface area contributed by atoms with Gasteiger partial charge >= 0.3 is 6.03 Å². The number of nitrogens with one attached hydrogen (secondary N) is 2. The van der Waals surface area contributed by atoms with Gasteiger partial charge in [0.15, 0.2) is 10.9 Å². The Hall–Kier alpha value is -2.80. The quantitative estimate of drug-likeness (QED) is 0.745. The first-order chi connectivity index (χ1) is 11.2. The number of rotatable bonds is 4. The smallest absolute Gasteiger partial charge is 0.325 e. The summed E-state index contributed by atoms with van der Waals surface area (Å²) >= 11 is 1.33. The van der Waals surface area contributed by atoms with Gasteiger partial charge in [-0.05, 0) is 31.2 Å². The fraction of sp³-hybridized carbons (Fsp3) is 0.125. The Morgan fingerprint density at radius 1 is 1.22 bits per heavy atom. The zero-order chi connectivity index (χ0) is 16.2. The number of amides is 2. The summed E-state index contributed by atoms with van der Waals surface area (Å²) in [4.78, 5) is 16.4. The van der Waals surface area contributed by atoms with E-state index in [1.807, 2.05) is 36.6 Å². The Morgan fingerprint density at radius 2 is 2.04 bits per heavy atom. The summed E-state index contributed by atoms with van der Waals surface area (Å²) < 4.78 is 10.7. The fourth-order valence-corrected chi connectivity index (χ4v) is 2.71. The van der Waals surface area contributed by atoms with E-state index in [2.05, 4.69) is 15.6 Å². The van der Waals surface area contributed by atoms with Crippen LogP contribution in [0.3, 0.4) is 0 Å². The normalized spacial score (nSPS) is 10.3. The maximum absolute atomic E-state index is 12.1. The van der Waals surface area contributed by atoms with Crippen LogP contribution >= 0.6 is 11.3 Å². The van der Waals surface area contributed by atoms with Crippen molar-refractivity contribution in [3.8, 4) is 17.2 Å². The number of furan rings is 1. The molecule has 0 saturated carbocycles. The van der Waals surface area contributed by atoms with Crippen LogP contribution in [-0.4, -0.2) is 18.1 Å². The van der Waals surface area contributed by atoms with Crippen LogP contribution in [0.4, 0.5) is 15.6 Å². The summed E-state index contributed by atoms with van der Waals surface area (Å²) in [5.41, 5.74) is 1.28. The second-order valence-corrected chi connectivity index (χ2v) is 5.59.